The Balaban J connectivity index is 1.75. The van der Waals surface area contributed by atoms with Crippen molar-refractivity contribution in [2.24, 2.45) is 0 Å². The SMILES string of the molecule is Cc1[nH]c(-c2nnc(C(F)F)o2)c(C)c1C(=O)c1c(C)[nH]c(-c2nnc(C(F)F)o2)c1C. The number of halogens is 4. The molecule has 0 atom stereocenters. The van der Waals surface area contributed by atoms with Crippen molar-refractivity contribution in [3.05, 3.63) is 45.4 Å². The van der Waals surface area contributed by atoms with E-state index in [1.807, 2.05) is 0 Å². The van der Waals surface area contributed by atoms with Gasteiger partial charge in [-0.3, -0.25) is 4.79 Å². The number of alkyl halides is 4. The van der Waals surface area contributed by atoms with E-state index in [2.05, 4.69) is 30.4 Å². The number of nitrogens with one attached hydrogen (secondary N) is 2. The first kappa shape index (κ1) is 21.5. The first-order valence-electron chi connectivity index (χ1n) is 9.27. The minimum absolute atomic E-state index is 0.173. The molecule has 9 nitrogen and oxygen atoms in total. The van der Waals surface area contributed by atoms with Crippen molar-refractivity contribution in [3.8, 4) is 23.2 Å². The van der Waals surface area contributed by atoms with Gasteiger partial charge in [-0.1, -0.05) is 0 Å². The smallest absolute Gasteiger partial charge is 0.314 e. The molecule has 4 aromatic rings. The molecule has 0 aliphatic heterocycles. The molecular formula is C19H16F4N6O3. The third kappa shape index (κ3) is 3.39. The Morgan fingerprint density at radius 2 is 1.09 bits per heavy atom. The third-order valence-electron chi connectivity index (χ3n) is 5.01. The lowest BCUT2D eigenvalue weighted by molar-refractivity contribution is 0.103. The maximum Gasteiger partial charge on any atom is 0.314 e. The van der Waals surface area contributed by atoms with Crippen LogP contribution in [0.5, 0.6) is 0 Å². The van der Waals surface area contributed by atoms with Gasteiger partial charge in [0.25, 0.3) is 23.6 Å². The van der Waals surface area contributed by atoms with E-state index in [-0.39, 0.29) is 40.1 Å². The molecule has 4 heterocycles. The van der Waals surface area contributed by atoms with Crippen LogP contribution < -0.4 is 0 Å². The molecule has 32 heavy (non-hydrogen) atoms. The lowest BCUT2D eigenvalue weighted by Gasteiger charge is -2.04. The molecule has 0 bridgehead atoms. The molecule has 168 valence electrons. The van der Waals surface area contributed by atoms with Gasteiger partial charge in [0, 0.05) is 22.5 Å². The van der Waals surface area contributed by atoms with E-state index in [0.717, 1.165) is 0 Å². The maximum atomic E-state index is 13.4. The Kier molecular flexibility index (Phi) is 5.18. The van der Waals surface area contributed by atoms with E-state index in [9.17, 15) is 22.4 Å². The largest absolute Gasteiger partial charge is 0.414 e. The predicted molar refractivity (Wildman–Crippen MR) is 100 cm³/mol. The van der Waals surface area contributed by atoms with Gasteiger partial charge in [0.1, 0.15) is 11.4 Å². The Bertz CT molecular complexity index is 1220. The number of aryl methyl sites for hydroxylation is 2. The highest BCUT2D eigenvalue weighted by Gasteiger charge is 2.29. The van der Waals surface area contributed by atoms with Crippen molar-refractivity contribution < 1.29 is 31.2 Å². The standard InChI is InChI=1S/C19H16F4N6O3/c1-5-9(7(3)24-11(5)16-26-28-18(31-16)14(20)21)13(30)10-6(2)12(25-8(10)4)17-27-29-19(32-17)15(22)23/h14-15,24-25H,1-4H3. The molecule has 4 rings (SSSR count). The van der Waals surface area contributed by atoms with E-state index in [4.69, 9.17) is 8.83 Å². The molecule has 4 aromatic heterocycles. The average molecular weight is 452 g/mol. The zero-order valence-electron chi connectivity index (χ0n) is 17.2. The second kappa shape index (κ2) is 7.73. The highest BCUT2D eigenvalue weighted by atomic mass is 19.3. The van der Waals surface area contributed by atoms with Gasteiger partial charge in [-0.25, -0.2) is 0 Å². The molecule has 0 spiro atoms. The van der Waals surface area contributed by atoms with Crippen molar-refractivity contribution in [1.29, 1.82) is 0 Å². The van der Waals surface area contributed by atoms with Crippen LogP contribution in [0.3, 0.4) is 0 Å². The number of aromatic nitrogens is 6. The summed E-state index contributed by atoms with van der Waals surface area (Å²) in [6, 6.07) is 0. The molecule has 0 amide bonds. The Morgan fingerprint density at radius 1 is 0.719 bits per heavy atom. The summed E-state index contributed by atoms with van der Waals surface area (Å²) in [5.74, 6) is -2.39. The van der Waals surface area contributed by atoms with Gasteiger partial charge >= 0.3 is 12.9 Å². The van der Waals surface area contributed by atoms with Gasteiger partial charge in [0.05, 0.1) is 0 Å². The molecule has 0 aromatic carbocycles. The number of aromatic amines is 2. The lowest BCUT2D eigenvalue weighted by Crippen LogP contribution is -2.06. The summed E-state index contributed by atoms with van der Waals surface area (Å²) in [5.41, 5.74) is 2.83. The number of hydrogen-bond acceptors (Lipinski definition) is 7. The van der Waals surface area contributed by atoms with Gasteiger partial charge in [-0.15, -0.1) is 20.4 Å². The molecule has 0 unspecified atom stereocenters. The summed E-state index contributed by atoms with van der Waals surface area (Å²) in [7, 11) is 0. The first-order valence-corrected chi connectivity index (χ1v) is 9.27. The van der Waals surface area contributed by atoms with Gasteiger partial charge in [0.15, 0.2) is 5.78 Å². The minimum Gasteiger partial charge on any atom is -0.414 e. The summed E-state index contributed by atoms with van der Waals surface area (Å²) >= 11 is 0. The highest BCUT2D eigenvalue weighted by molar-refractivity contribution is 6.13. The van der Waals surface area contributed by atoms with Crippen LogP contribution in [0, 0.1) is 27.7 Å². The number of nitrogens with zero attached hydrogens (tertiary/aromatic N) is 4. The van der Waals surface area contributed by atoms with Crippen molar-refractivity contribution in [3.63, 3.8) is 0 Å². The van der Waals surface area contributed by atoms with Crippen LogP contribution in [-0.2, 0) is 0 Å². The van der Waals surface area contributed by atoms with E-state index in [1.165, 1.54) is 0 Å². The van der Waals surface area contributed by atoms with Crippen LogP contribution in [-0.4, -0.2) is 36.1 Å². The maximum absolute atomic E-state index is 13.4. The van der Waals surface area contributed by atoms with Crippen LogP contribution in [0.2, 0.25) is 0 Å². The zero-order chi connectivity index (χ0) is 23.3. The lowest BCUT2D eigenvalue weighted by atomic mass is 9.96. The van der Waals surface area contributed by atoms with Gasteiger partial charge in [-0.2, -0.15) is 17.6 Å². The topological polar surface area (TPSA) is 126 Å². The average Bonchev–Trinajstić information content (AvgIpc) is 3.48. The molecule has 13 heteroatoms. The zero-order valence-corrected chi connectivity index (χ0v) is 17.2. The number of hydrogen-bond donors (Lipinski definition) is 2. The summed E-state index contributed by atoms with van der Waals surface area (Å²) in [6.45, 7) is 6.51. The molecule has 0 aliphatic carbocycles. The van der Waals surface area contributed by atoms with Gasteiger partial charge in [0.2, 0.25) is 0 Å². The minimum atomic E-state index is -2.92. The van der Waals surface area contributed by atoms with Crippen molar-refractivity contribution in [2.75, 3.05) is 0 Å². The van der Waals surface area contributed by atoms with Gasteiger partial charge in [-0.05, 0) is 38.8 Å². The van der Waals surface area contributed by atoms with Crippen LogP contribution >= 0.6 is 0 Å². The molecule has 0 aliphatic rings. The predicted octanol–water partition coefficient (Wildman–Crippen LogP) is 4.78. The Morgan fingerprint density at radius 3 is 1.41 bits per heavy atom. The third-order valence-corrected chi connectivity index (χ3v) is 5.01. The normalized spacial score (nSPS) is 11.8. The highest BCUT2D eigenvalue weighted by Crippen LogP contribution is 2.34. The Labute approximate surface area is 177 Å². The second-order valence-corrected chi connectivity index (χ2v) is 7.07. The molecular weight excluding hydrogens is 436 g/mol. The van der Waals surface area contributed by atoms with Crippen LogP contribution in [0.4, 0.5) is 17.6 Å². The molecule has 0 radical (unpaired) electrons. The molecule has 2 N–H and O–H groups in total. The fourth-order valence-corrected chi connectivity index (χ4v) is 3.58. The summed E-state index contributed by atoms with van der Waals surface area (Å²) in [6.07, 6.45) is -5.85. The number of rotatable bonds is 6. The van der Waals surface area contributed by atoms with Crippen LogP contribution in [0.25, 0.3) is 23.2 Å². The number of carbonyl (C=O) groups is 1. The summed E-state index contributed by atoms with van der Waals surface area (Å²) in [4.78, 5) is 19.3. The monoisotopic (exact) mass is 452 g/mol. The fraction of sp³-hybridized carbons (Fsp3) is 0.316. The second-order valence-electron chi connectivity index (χ2n) is 7.07. The first-order chi connectivity index (χ1) is 15.1. The van der Waals surface area contributed by atoms with E-state index >= 15 is 0 Å². The number of ketones is 1. The molecule has 0 saturated heterocycles. The van der Waals surface area contributed by atoms with Crippen molar-refractivity contribution in [1.82, 2.24) is 30.4 Å². The fourth-order valence-electron chi connectivity index (χ4n) is 3.58. The van der Waals surface area contributed by atoms with E-state index in [0.29, 0.717) is 22.5 Å². The van der Waals surface area contributed by atoms with E-state index in [1.54, 1.807) is 27.7 Å². The van der Waals surface area contributed by atoms with Crippen LogP contribution in [0.15, 0.2) is 8.83 Å². The molecule has 0 fully saturated rings. The van der Waals surface area contributed by atoms with Gasteiger partial charge < -0.3 is 18.8 Å². The summed E-state index contributed by atoms with van der Waals surface area (Å²) in [5, 5.41) is 13.8. The number of carbonyl (C=O) groups excluding carboxylic acids is 1. The number of H-pyrrole nitrogens is 2. The van der Waals surface area contributed by atoms with E-state index < -0.39 is 24.6 Å². The van der Waals surface area contributed by atoms with Crippen molar-refractivity contribution >= 4 is 5.78 Å². The quantitative estimate of drug-likeness (QED) is 0.318. The van der Waals surface area contributed by atoms with Crippen LogP contribution in [0.1, 0.15) is 63.1 Å². The molecule has 0 saturated carbocycles. The van der Waals surface area contributed by atoms with Crippen molar-refractivity contribution in [2.45, 2.75) is 40.5 Å². The summed E-state index contributed by atoms with van der Waals surface area (Å²) < 4.78 is 61.1. The Hall–Kier alpha value is -3.77.